The summed E-state index contributed by atoms with van der Waals surface area (Å²) in [7, 11) is 0. The highest BCUT2D eigenvalue weighted by atomic mass is 19.2. The number of benzene rings is 2. The van der Waals surface area contributed by atoms with E-state index in [2.05, 4.69) is 5.32 Å². The van der Waals surface area contributed by atoms with Crippen molar-refractivity contribution in [2.75, 3.05) is 5.32 Å². The van der Waals surface area contributed by atoms with E-state index in [1.807, 2.05) is 0 Å². The Morgan fingerprint density at radius 1 is 1.05 bits per heavy atom. The molecule has 0 amide bonds. The maximum atomic E-state index is 13.7. The third-order valence-electron chi connectivity index (χ3n) is 3.68. The van der Waals surface area contributed by atoms with Gasteiger partial charge in [-0.2, -0.15) is 0 Å². The van der Waals surface area contributed by atoms with Crippen LogP contribution in [0, 0.1) is 23.3 Å². The van der Waals surface area contributed by atoms with E-state index in [0.29, 0.717) is 24.0 Å². The minimum Gasteiger partial charge on any atom is -0.508 e. The Morgan fingerprint density at radius 2 is 1.71 bits per heavy atom. The van der Waals surface area contributed by atoms with Gasteiger partial charge in [-0.15, -0.1) is 0 Å². The molecule has 0 aliphatic heterocycles. The van der Waals surface area contributed by atoms with Crippen LogP contribution in [-0.4, -0.2) is 5.11 Å². The zero-order valence-corrected chi connectivity index (χ0v) is 10.8. The summed E-state index contributed by atoms with van der Waals surface area (Å²) in [5.74, 6) is -5.72. The summed E-state index contributed by atoms with van der Waals surface area (Å²) < 4.78 is 53.7. The van der Waals surface area contributed by atoms with E-state index in [-0.39, 0.29) is 11.8 Å². The summed E-state index contributed by atoms with van der Waals surface area (Å²) in [5, 5.41) is 12.2. The Balaban J connectivity index is 1.99. The van der Waals surface area contributed by atoms with Gasteiger partial charge in [0.05, 0.1) is 6.04 Å². The lowest BCUT2D eigenvalue weighted by Gasteiger charge is -2.17. The van der Waals surface area contributed by atoms with Gasteiger partial charge in [-0.25, -0.2) is 17.6 Å². The van der Waals surface area contributed by atoms with Crippen LogP contribution in [0.1, 0.15) is 23.6 Å². The molecule has 3 rings (SSSR count). The van der Waals surface area contributed by atoms with Crippen LogP contribution in [0.3, 0.4) is 0 Å². The first kappa shape index (κ1) is 13.7. The third-order valence-corrected chi connectivity index (χ3v) is 3.68. The summed E-state index contributed by atoms with van der Waals surface area (Å²) in [6.07, 6.45) is 0.977. The van der Waals surface area contributed by atoms with E-state index in [9.17, 15) is 22.7 Å². The molecule has 1 unspecified atom stereocenters. The zero-order chi connectivity index (χ0) is 15.1. The fourth-order valence-corrected chi connectivity index (χ4v) is 2.66. The number of anilines is 1. The number of rotatable bonds is 2. The largest absolute Gasteiger partial charge is 0.508 e. The van der Waals surface area contributed by atoms with Gasteiger partial charge in [-0.1, -0.05) is 12.1 Å². The molecule has 1 aliphatic carbocycles. The van der Waals surface area contributed by atoms with Crippen molar-refractivity contribution in [3.63, 3.8) is 0 Å². The van der Waals surface area contributed by atoms with Crippen LogP contribution in [0.4, 0.5) is 23.2 Å². The molecular weight excluding hydrogens is 286 g/mol. The van der Waals surface area contributed by atoms with E-state index in [4.69, 9.17) is 0 Å². The van der Waals surface area contributed by atoms with Crippen molar-refractivity contribution in [2.24, 2.45) is 0 Å². The Labute approximate surface area is 118 Å². The topological polar surface area (TPSA) is 32.3 Å². The lowest BCUT2D eigenvalue weighted by molar-refractivity contribution is 0.456. The van der Waals surface area contributed by atoms with Crippen molar-refractivity contribution in [1.82, 2.24) is 0 Å². The number of fused-ring (bicyclic) bond motifs is 1. The Hall–Kier alpha value is -2.24. The predicted molar refractivity (Wildman–Crippen MR) is 69.1 cm³/mol. The van der Waals surface area contributed by atoms with Crippen molar-refractivity contribution >= 4 is 5.69 Å². The quantitative estimate of drug-likeness (QED) is 0.647. The van der Waals surface area contributed by atoms with E-state index < -0.39 is 35.0 Å². The normalized spacial score (nSPS) is 16.9. The summed E-state index contributed by atoms with van der Waals surface area (Å²) in [5.41, 5.74) is 0.514. The number of aromatic hydroxyl groups is 1. The molecule has 0 saturated heterocycles. The van der Waals surface area contributed by atoms with Gasteiger partial charge in [-0.3, -0.25) is 0 Å². The number of nitrogens with one attached hydrogen (secondary N) is 1. The minimum atomic E-state index is -1.46. The molecule has 0 spiro atoms. The lowest BCUT2D eigenvalue weighted by atomic mass is 10.1. The highest BCUT2D eigenvalue weighted by Gasteiger charge is 2.28. The molecule has 6 heteroatoms. The number of hydrogen-bond acceptors (Lipinski definition) is 2. The molecule has 0 fully saturated rings. The number of hydrogen-bond donors (Lipinski definition) is 2. The number of halogens is 4. The van der Waals surface area contributed by atoms with Crippen LogP contribution >= 0.6 is 0 Å². The summed E-state index contributed by atoms with van der Waals surface area (Å²) >= 11 is 0. The van der Waals surface area contributed by atoms with Gasteiger partial charge >= 0.3 is 0 Å². The van der Waals surface area contributed by atoms with Crippen molar-refractivity contribution in [3.05, 3.63) is 58.7 Å². The van der Waals surface area contributed by atoms with Gasteiger partial charge in [0.1, 0.15) is 11.4 Å². The SMILES string of the molecule is Oc1cccc2c1CCC2Nc1c(F)c(F)cc(F)c1F. The molecule has 1 aliphatic rings. The standard InChI is InChI=1S/C15H11F4NO/c16-9-6-10(17)14(19)15(13(9)18)20-11-5-4-8-7(11)2-1-3-12(8)21/h1-3,6,11,20-21H,4-5H2. The second-order valence-electron chi connectivity index (χ2n) is 4.92. The highest BCUT2D eigenvalue weighted by molar-refractivity contribution is 5.53. The molecule has 21 heavy (non-hydrogen) atoms. The van der Waals surface area contributed by atoms with E-state index in [1.165, 1.54) is 6.07 Å². The molecule has 2 nitrogen and oxygen atoms in total. The van der Waals surface area contributed by atoms with Crippen molar-refractivity contribution in [2.45, 2.75) is 18.9 Å². The molecule has 0 bridgehead atoms. The van der Waals surface area contributed by atoms with Gasteiger partial charge in [0.25, 0.3) is 0 Å². The Kier molecular flexibility index (Phi) is 3.23. The van der Waals surface area contributed by atoms with Crippen LogP contribution < -0.4 is 5.32 Å². The molecule has 0 heterocycles. The molecule has 2 N–H and O–H groups in total. The first-order chi connectivity index (χ1) is 9.99. The fraction of sp³-hybridized carbons (Fsp3) is 0.200. The van der Waals surface area contributed by atoms with Gasteiger partial charge in [0.15, 0.2) is 23.3 Å². The molecule has 0 aromatic heterocycles. The smallest absolute Gasteiger partial charge is 0.185 e. The van der Waals surface area contributed by atoms with Crippen LogP contribution in [-0.2, 0) is 6.42 Å². The third kappa shape index (κ3) is 2.20. The summed E-state index contributed by atoms with van der Waals surface area (Å²) in [4.78, 5) is 0. The van der Waals surface area contributed by atoms with E-state index in [0.717, 1.165) is 0 Å². The molecule has 2 aromatic rings. The molecule has 2 aromatic carbocycles. The number of phenols is 1. The van der Waals surface area contributed by atoms with Crippen molar-refractivity contribution in [3.8, 4) is 5.75 Å². The summed E-state index contributed by atoms with van der Waals surface area (Å²) in [6, 6.07) is 4.48. The van der Waals surface area contributed by atoms with Crippen LogP contribution in [0.2, 0.25) is 0 Å². The fourth-order valence-electron chi connectivity index (χ4n) is 2.66. The highest BCUT2D eigenvalue weighted by Crippen LogP contribution is 2.39. The van der Waals surface area contributed by atoms with Crippen LogP contribution in [0.5, 0.6) is 5.75 Å². The van der Waals surface area contributed by atoms with Gasteiger partial charge in [0, 0.05) is 6.07 Å². The Bertz CT molecular complexity index is 691. The zero-order valence-electron chi connectivity index (χ0n) is 10.8. The summed E-state index contributed by atoms with van der Waals surface area (Å²) in [6.45, 7) is 0. The number of phenolic OH excluding ortho intramolecular Hbond substituents is 1. The Morgan fingerprint density at radius 3 is 2.38 bits per heavy atom. The second-order valence-corrected chi connectivity index (χ2v) is 4.92. The van der Waals surface area contributed by atoms with Crippen molar-refractivity contribution in [1.29, 1.82) is 0 Å². The molecule has 0 radical (unpaired) electrons. The van der Waals surface area contributed by atoms with Crippen LogP contribution in [0.15, 0.2) is 24.3 Å². The van der Waals surface area contributed by atoms with Gasteiger partial charge in [-0.05, 0) is 30.0 Å². The first-order valence-electron chi connectivity index (χ1n) is 6.39. The molecule has 110 valence electrons. The molecule has 1 atom stereocenters. The molecular formula is C15H11F4NO. The average Bonchev–Trinajstić information content (AvgIpc) is 2.86. The minimum absolute atomic E-state index is 0.100. The van der Waals surface area contributed by atoms with Crippen LogP contribution in [0.25, 0.3) is 0 Å². The average molecular weight is 297 g/mol. The van der Waals surface area contributed by atoms with Gasteiger partial charge < -0.3 is 10.4 Å². The van der Waals surface area contributed by atoms with Crippen molar-refractivity contribution < 1.29 is 22.7 Å². The lowest BCUT2D eigenvalue weighted by Crippen LogP contribution is -2.12. The first-order valence-corrected chi connectivity index (χ1v) is 6.39. The van der Waals surface area contributed by atoms with Gasteiger partial charge in [0.2, 0.25) is 0 Å². The molecule has 0 saturated carbocycles. The second kappa shape index (κ2) is 4.95. The van der Waals surface area contributed by atoms with E-state index >= 15 is 0 Å². The predicted octanol–water partition coefficient (Wildman–Crippen LogP) is 4.05. The maximum absolute atomic E-state index is 13.7. The maximum Gasteiger partial charge on any atom is 0.185 e. The van der Waals surface area contributed by atoms with E-state index in [1.54, 1.807) is 12.1 Å². The monoisotopic (exact) mass is 297 g/mol.